The van der Waals surface area contributed by atoms with Gasteiger partial charge in [0, 0.05) is 6.07 Å². The Bertz CT molecular complexity index is 621. The number of rotatable bonds is 5. The molecule has 0 bridgehead atoms. The highest BCUT2D eigenvalue weighted by atomic mass is 32.3. The van der Waals surface area contributed by atoms with E-state index in [9.17, 15) is 9.11 Å². The first-order valence-electron chi connectivity index (χ1n) is 7.29. The van der Waals surface area contributed by atoms with Gasteiger partial charge in [-0.2, -0.15) is 0 Å². The molecule has 1 aromatic heterocycles. The summed E-state index contributed by atoms with van der Waals surface area (Å²) in [6.07, 6.45) is 4.88. The molecule has 0 atom stereocenters. The maximum atomic E-state index is 10.2. The Kier molecular flexibility index (Phi) is 4.28. The summed E-state index contributed by atoms with van der Waals surface area (Å²) in [5.74, 6) is 1.64. The molecule has 1 aliphatic rings. The zero-order valence-corrected chi connectivity index (χ0v) is 13.2. The van der Waals surface area contributed by atoms with Crippen molar-refractivity contribution in [2.24, 2.45) is 0 Å². The first kappa shape index (κ1) is 15.2. The number of ether oxygens (including phenoxy) is 1. The molecule has 1 fully saturated rings. The summed E-state index contributed by atoms with van der Waals surface area (Å²) in [7, 11) is -3.17. The van der Waals surface area contributed by atoms with Crippen LogP contribution in [0.2, 0.25) is 0 Å². The molecule has 0 aliphatic heterocycles. The lowest BCUT2D eigenvalue weighted by molar-refractivity contribution is 0.210. The largest absolute Gasteiger partial charge is 0.490 e. The van der Waals surface area contributed by atoms with Crippen molar-refractivity contribution in [2.45, 2.75) is 43.6 Å². The predicted molar refractivity (Wildman–Crippen MR) is 85.3 cm³/mol. The van der Waals surface area contributed by atoms with Gasteiger partial charge in [-0.15, -0.1) is 0 Å². The van der Waals surface area contributed by atoms with Crippen LogP contribution >= 0.6 is 10.8 Å². The van der Waals surface area contributed by atoms with E-state index >= 15 is 0 Å². The molecule has 0 unspecified atom stereocenters. The summed E-state index contributed by atoms with van der Waals surface area (Å²) < 4.78 is 33.8. The van der Waals surface area contributed by atoms with Gasteiger partial charge >= 0.3 is 0 Å². The summed E-state index contributed by atoms with van der Waals surface area (Å²) in [4.78, 5) is 0.381. The molecule has 1 aliphatic carbocycles. The predicted octanol–water partition coefficient (Wildman–Crippen LogP) is 4.44. The van der Waals surface area contributed by atoms with Gasteiger partial charge < -0.3 is 9.26 Å². The van der Waals surface area contributed by atoms with Crippen LogP contribution in [-0.2, 0) is 0 Å². The molecule has 22 heavy (non-hydrogen) atoms. The number of hydrogen-bond donors (Lipinski definition) is 3. The van der Waals surface area contributed by atoms with Crippen LogP contribution in [0.3, 0.4) is 0 Å². The van der Waals surface area contributed by atoms with E-state index in [1.165, 1.54) is 12.8 Å². The third kappa shape index (κ3) is 3.55. The van der Waals surface area contributed by atoms with E-state index in [4.69, 9.17) is 9.26 Å². The van der Waals surface area contributed by atoms with Crippen molar-refractivity contribution >= 4 is 16.6 Å². The highest BCUT2D eigenvalue weighted by Crippen LogP contribution is 2.47. The molecule has 1 aromatic carbocycles. The molecule has 7 heteroatoms. The lowest BCUT2D eigenvalue weighted by Crippen LogP contribution is -2.12. The zero-order chi connectivity index (χ0) is 15.6. The van der Waals surface area contributed by atoms with Crippen LogP contribution in [0.4, 0.5) is 5.82 Å². The molecular weight excluding hydrogens is 304 g/mol. The summed E-state index contributed by atoms with van der Waals surface area (Å²) in [6, 6.07) is 8.43. The van der Waals surface area contributed by atoms with Gasteiger partial charge in [0.2, 0.25) is 0 Å². The van der Waals surface area contributed by atoms with Crippen LogP contribution in [0.25, 0.3) is 0 Å². The number of anilines is 1. The SMILES string of the molecule is Cc1cc(NS(O)(O)c2ccc(OC3CCCC3)cc2)no1. The monoisotopic (exact) mass is 324 g/mol. The number of benzene rings is 1. The van der Waals surface area contributed by atoms with Crippen LogP contribution in [0.15, 0.2) is 39.8 Å². The molecule has 0 spiro atoms. The average Bonchev–Trinajstić information content (AvgIpc) is 3.11. The third-order valence-corrected chi connectivity index (χ3v) is 5.06. The van der Waals surface area contributed by atoms with Crippen LogP contribution < -0.4 is 9.46 Å². The minimum atomic E-state index is -3.17. The van der Waals surface area contributed by atoms with Crippen molar-refractivity contribution < 1.29 is 18.4 Å². The fourth-order valence-corrected chi connectivity index (χ4v) is 3.55. The van der Waals surface area contributed by atoms with Gasteiger partial charge in [0.25, 0.3) is 0 Å². The van der Waals surface area contributed by atoms with Gasteiger partial charge in [-0.1, -0.05) is 15.9 Å². The molecule has 3 N–H and O–H groups in total. The Hall–Kier alpha value is -1.70. The highest BCUT2D eigenvalue weighted by Gasteiger charge is 2.19. The molecule has 0 radical (unpaired) electrons. The number of nitrogens with one attached hydrogen (secondary N) is 1. The summed E-state index contributed by atoms with van der Waals surface area (Å²) in [5.41, 5.74) is 0. The van der Waals surface area contributed by atoms with Gasteiger partial charge in [-0.05, 0) is 56.9 Å². The highest BCUT2D eigenvalue weighted by molar-refractivity contribution is 8.25. The number of aromatic nitrogens is 1. The van der Waals surface area contributed by atoms with Gasteiger partial charge in [0.05, 0.1) is 11.0 Å². The van der Waals surface area contributed by atoms with Gasteiger partial charge in [0.1, 0.15) is 11.5 Å². The molecule has 0 saturated heterocycles. The minimum Gasteiger partial charge on any atom is -0.490 e. The van der Waals surface area contributed by atoms with E-state index in [1.54, 1.807) is 37.3 Å². The molecule has 6 nitrogen and oxygen atoms in total. The lowest BCUT2D eigenvalue weighted by Gasteiger charge is -2.32. The van der Waals surface area contributed by atoms with Crippen molar-refractivity contribution in [3.63, 3.8) is 0 Å². The third-order valence-electron chi connectivity index (χ3n) is 3.63. The van der Waals surface area contributed by atoms with Gasteiger partial charge in [-0.25, -0.2) is 0 Å². The minimum absolute atomic E-state index is 0.280. The average molecular weight is 324 g/mol. The Morgan fingerprint density at radius 2 is 1.91 bits per heavy atom. The van der Waals surface area contributed by atoms with Gasteiger partial charge in [0.15, 0.2) is 5.82 Å². The maximum Gasteiger partial charge on any atom is 0.187 e. The van der Waals surface area contributed by atoms with E-state index in [0.717, 1.165) is 18.6 Å². The Labute approximate surface area is 131 Å². The normalized spacial score (nSPS) is 16.7. The van der Waals surface area contributed by atoms with Crippen LogP contribution in [0, 0.1) is 6.92 Å². The summed E-state index contributed by atoms with van der Waals surface area (Å²) >= 11 is 0. The van der Waals surface area contributed by atoms with Crippen molar-refractivity contribution in [2.75, 3.05) is 4.72 Å². The Morgan fingerprint density at radius 3 is 2.50 bits per heavy atom. The van der Waals surface area contributed by atoms with Crippen LogP contribution in [-0.4, -0.2) is 20.4 Å². The quantitative estimate of drug-likeness (QED) is 0.753. The maximum absolute atomic E-state index is 10.2. The number of nitrogens with zero attached hydrogens (tertiary/aromatic N) is 1. The molecular formula is C15H20N2O4S. The van der Waals surface area contributed by atoms with E-state index in [1.807, 2.05) is 0 Å². The molecule has 3 rings (SSSR count). The second kappa shape index (κ2) is 6.20. The fourth-order valence-electron chi connectivity index (χ4n) is 2.53. The van der Waals surface area contributed by atoms with Crippen LogP contribution in [0.1, 0.15) is 31.4 Å². The Balaban J connectivity index is 1.67. The number of aryl methyl sites for hydroxylation is 1. The first-order chi connectivity index (χ1) is 10.5. The van der Waals surface area contributed by atoms with E-state index in [0.29, 0.717) is 16.5 Å². The zero-order valence-electron chi connectivity index (χ0n) is 12.4. The van der Waals surface area contributed by atoms with Crippen molar-refractivity contribution in [3.05, 3.63) is 36.1 Å². The molecule has 0 amide bonds. The summed E-state index contributed by atoms with van der Waals surface area (Å²) in [6.45, 7) is 1.74. The van der Waals surface area contributed by atoms with E-state index in [-0.39, 0.29) is 6.10 Å². The molecule has 1 heterocycles. The lowest BCUT2D eigenvalue weighted by atomic mass is 10.3. The second-order valence-electron chi connectivity index (χ2n) is 5.47. The van der Waals surface area contributed by atoms with E-state index < -0.39 is 10.8 Å². The van der Waals surface area contributed by atoms with Crippen molar-refractivity contribution in [1.29, 1.82) is 0 Å². The Morgan fingerprint density at radius 1 is 1.23 bits per heavy atom. The van der Waals surface area contributed by atoms with Crippen molar-refractivity contribution in [1.82, 2.24) is 5.16 Å². The summed E-state index contributed by atoms with van der Waals surface area (Å²) in [5, 5.41) is 3.70. The smallest absolute Gasteiger partial charge is 0.187 e. The molecule has 2 aromatic rings. The second-order valence-corrected chi connectivity index (χ2v) is 7.24. The van der Waals surface area contributed by atoms with Gasteiger partial charge in [-0.3, -0.25) is 13.8 Å². The molecule has 1 saturated carbocycles. The number of hydrogen-bond acceptors (Lipinski definition) is 6. The van der Waals surface area contributed by atoms with E-state index in [2.05, 4.69) is 9.88 Å². The first-order valence-corrected chi connectivity index (χ1v) is 8.84. The topological polar surface area (TPSA) is 87.8 Å². The molecule has 120 valence electrons. The fraction of sp³-hybridized carbons (Fsp3) is 0.400. The standard InChI is InChI=1S/C15H20N2O4S/c1-11-10-15(16-21-11)17-22(18,19)14-8-6-13(7-9-14)20-12-4-2-3-5-12/h6-10,12,18-19H,2-5H2,1H3,(H,16,17). The van der Waals surface area contributed by atoms with Crippen LogP contribution in [0.5, 0.6) is 5.75 Å². The van der Waals surface area contributed by atoms with Crippen molar-refractivity contribution in [3.8, 4) is 5.75 Å².